The fraction of sp³-hybridized carbons (Fsp3) is 0.333. The Morgan fingerprint density at radius 1 is 1.13 bits per heavy atom. The fourth-order valence-corrected chi connectivity index (χ4v) is 1.91. The third-order valence-electron chi connectivity index (χ3n) is 1.93. The first kappa shape index (κ1) is 12.8. The molecule has 0 bridgehead atoms. The molecule has 1 aromatic rings. The number of hydrogen-bond acceptors (Lipinski definition) is 1. The zero-order valence-corrected chi connectivity index (χ0v) is 9.93. The largest absolute Gasteiger partial charge is 0.330 e. The van der Waals surface area contributed by atoms with E-state index in [4.69, 9.17) is 17.3 Å². The molecule has 0 spiro atoms. The van der Waals surface area contributed by atoms with Gasteiger partial charge in [0.05, 0.1) is 9.50 Å². The highest BCUT2D eigenvalue weighted by atomic mass is 79.9. The predicted molar refractivity (Wildman–Crippen MR) is 56.4 cm³/mol. The first-order chi connectivity index (χ1) is 7.00. The molecular formula is C9H8BrClF3N. The van der Waals surface area contributed by atoms with Crippen LogP contribution in [0.1, 0.15) is 12.0 Å². The Kier molecular flexibility index (Phi) is 4.43. The van der Waals surface area contributed by atoms with Crippen molar-refractivity contribution in [2.45, 2.75) is 12.8 Å². The molecule has 15 heavy (non-hydrogen) atoms. The van der Waals surface area contributed by atoms with Crippen LogP contribution in [0.4, 0.5) is 13.2 Å². The van der Waals surface area contributed by atoms with Crippen molar-refractivity contribution in [1.29, 1.82) is 0 Å². The van der Waals surface area contributed by atoms with Crippen molar-refractivity contribution in [3.63, 3.8) is 0 Å². The Hall–Kier alpha value is -0.260. The second-order valence-corrected chi connectivity index (χ2v) is 4.11. The molecule has 1 nitrogen and oxygen atoms in total. The number of benzene rings is 1. The van der Waals surface area contributed by atoms with E-state index in [0.29, 0.717) is 13.0 Å². The summed E-state index contributed by atoms with van der Waals surface area (Å²) in [4.78, 5) is 0. The minimum atomic E-state index is -1.26. The topological polar surface area (TPSA) is 26.0 Å². The van der Waals surface area contributed by atoms with Crippen molar-refractivity contribution in [1.82, 2.24) is 0 Å². The molecule has 0 aliphatic heterocycles. The minimum Gasteiger partial charge on any atom is -0.330 e. The zero-order chi connectivity index (χ0) is 11.6. The Morgan fingerprint density at radius 2 is 1.73 bits per heavy atom. The van der Waals surface area contributed by atoms with Crippen LogP contribution in [0.3, 0.4) is 0 Å². The van der Waals surface area contributed by atoms with Gasteiger partial charge < -0.3 is 5.73 Å². The van der Waals surface area contributed by atoms with Crippen molar-refractivity contribution in [3.05, 3.63) is 32.5 Å². The number of rotatable bonds is 3. The maximum Gasteiger partial charge on any atom is 0.176 e. The molecule has 0 amide bonds. The molecule has 0 atom stereocenters. The third kappa shape index (κ3) is 2.46. The average molecular weight is 303 g/mol. The normalized spacial score (nSPS) is 10.8. The van der Waals surface area contributed by atoms with Crippen LogP contribution in [-0.2, 0) is 6.42 Å². The van der Waals surface area contributed by atoms with Crippen LogP contribution in [0, 0.1) is 17.5 Å². The van der Waals surface area contributed by atoms with Crippen LogP contribution in [0.5, 0.6) is 0 Å². The van der Waals surface area contributed by atoms with Crippen molar-refractivity contribution < 1.29 is 13.2 Å². The standard InChI is InChI=1S/C9H8BrClF3N/c10-5-8(13)6(11)4(2-1-3-15)7(12)9(5)14/h1-3,15H2. The summed E-state index contributed by atoms with van der Waals surface area (Å²) in [6.07, 6.45) is 0.527. The minimum absolute atomic E-state index is 0.113. The number of nitrogens with two attached hydrogens (primary N) is 1. The average Bonchev–Trinajstić information content (AvgIpc) is 2.24. The molecule has 2 N–H and O–H groups in total. The first-order valence-electron chi connectivity index (χ1n) is 4.21. The van der Waals surface area contributed by atoms with E-state index < -0.39 is 26.9 Å². The van der Waals surface area contributed by atoms with E-state index in [9.17, 15) is 13.2 Å². The third-order valence-corrected chi connectivity index (χ3v) is 3.02. The van der Waals surface area contributed by atoms with E-state index in [1.165, 1.54) is 0 Å². The van der Waals surface area contributed by atoms with Crippen molar-refractivity contribution in [2.75, 3.05) is 6.54 Å². The molecule has 0 aliphatic carbocycles. The van der Waals surface area contributed by atoms with E-state index in [1.807, 2.05) is 0 Å². The van der Waals surface area contributed by atoms with E-state index in [2.05, 4.69) is 15.9 Å². The van der Waals surface area contributed by atoms with Gasteiger partial charge in [0.15, 0.2) is 17.5 Å². The molecule has 0 aliphatic rings. The molecule has 1 rings (SSSR count). The van der Waals surface area contributed by atoms with E-state index in [-0.39, 0.29) is 12.0 Å². The van der Waals surface area contributed by atoms with E-state index >= 15 is 0 Å². The predicted octanol–water partition coefficient (Wildman–Crippen LogP) is 3.41. The van der Waals surface area contributed by atoms with Crippen LogP contribution in [-0.4, -0.2) is 6.54 Å². The van der Waals surface area contributed by atoms with Crippen LogP contribution in [0.25, 0.3) is 0 Å². The summed E-state index contributed by atoms with van der Waals surface area (Å²) in [7, 11) is 0. The van der Waals surface area contributed by atoms with Gasteiger partial charge in [0.2, 0.25) is 0 Å². The summed E-state index contributed by atoms with van der Waals surface area (Å²) in [6, 6.07) is 0. The van der Waals surface area contributed by atoms with E-state index in [0.717, 1.165) is 0 Å². The van der Waals surface area contributed by atoms with Gasteiger partial charge in [0.1, 0.15) is 0 Å². The summed E-state index contributed by atoms with van der Waals surface area (Å²) >= 11 is 8.14. The maximum atomic E-state index is 13.3. The summed E-state index contributed by atoms with van der Waals surface area (Å²) in [5.74, 6) is -3.37. The molecule has 0 heterocycles. The summed E-state index contributed by atoms with van der Waals surface area (Å²) in [5, 5.41) is -0.394. The van der Waals surface area contributed by atoms with Crippen LogP contribution in [0.15, 0.2) is 4.47 Å². The Balaban J connectivity index is 3.26. The van der Waals surface area contributed by atoms with Gasteiger partial charge in [-0.1, -0.05) is 11.6 Å². The van der Waals surface area contributed by atoms with Crippen molar-refractivity contribution >= 4 is 27.5 Å². The monoisotopic (exact) mass is 301 g/mol. The van der Waals surface area contributed by atoms with Gasteiger partial charge in [-0.3, -0.25) is 0 Å². The molecule has 6 heteroatoms. The summed E-state index contributed by atoms with van der Waals surface area (Å²) < 4.78 is 39.1. The van der Waals surface area contributed by atoms with Gasteiger partial charge in [-0.2, -0.15) is 0 Å². The molecular weight excluding hydrogens is 294 g/mol. The van der Waals surface area contributed by atoms with Crippen LogP contribution < -0.4 is 5.73 Å². The van der Waals surface area contributed by atoms with Crippen molar-refractivity contribution in [2.24, 2.45) is 5.73 Å². The van der Waals surface area contributed by atoms with Crippen molar-refractivity contribution in [3.8, 4) is 0 Å². The lowest BCUT2D eigenvalue weighted by Gasteiger charge is -2.09. The zero-order valence-electron chi connectivity index (χ0n) is 7.59. The fourth-order valence-electron chi connectivity index (χ4n) is 1.15. The molecule has 0 unspecified atom stereocenters. The van der Waals surface area contributed by atoms with Gasteiger partial charge in [0.25, 0.3) is 0 Å². The highest BCUT2D eigenvalue weighted by Crippen LogP contribution is 2.32. The van der Waals surface area contributed by atoms with Crippen LogP contribution >= 0.6 is 27.5 Å². The highest BCUT2D eigenvalue weighted by molar-refractivity contribution is 9.10. The quantitative estimate of drug-likeness (QED) is 0.672. The molecule has 0 saturated heterocycles. The Morgan fingerprint density at radius 3 is 2.27 bits per heavy atom. The first-order valence-corrected chi connectivity index (χ1v) is 5.38. The van der Waals surface area contributed by atoms with Gasteiger partial charge in [-0.05, 0) is 35.3 Å². The second kappa shape index (κ2) is 5.18. The van der Waals surface area contributed by atoms with Gasteiger partial charge in [-0.15, -0.1) is 0 Å². The Labute approximate surface area is 98.5 Å². The maximum absolute atomic E-state index is 13.3. The molecule has 1 aromatic carbocycles. The lowest BCUT2D eigenvalue weighted by molar-refractivity contribution is 0.477. The molecule has 0 radical (unpaired) electrons. The smallest absolute Gasteiger partial charge is 0.176 e. The van der Waals surface area contributed by atoms with Gasteiger partial charge in [-0.25, -0.2) is 13.2 Å². The SMILES string of the molecule is NCCCc1c(F)c(F)c(Br)c(F)c1Cl. The lowest BCUT2D eigenvalue weighted by Crippen LogP contribution is -2.05. The molecule has 84 valence electrons. The summed E-state index contributed by atoms with van der Waals surface area (Å²) in [6.45, 7) is 0.301. The molecule has 0 saturated carbocycles. The van der Waals surface area contributed by atoms with Gasteiger partial charge in [0, 0.05) is 5.56 Å². The Bertz CT molecular complexity index is 355. The summed E-state index contributed by atoms with van der Waals surface area (Å²) in [5.41, 5.74) is 5.05. The molecule has 0 fully saturated rings. The van der Waals surface area contributed by atoms with Crippen LogP contribution in [0.2, 0.25) is 5.02 Å². The lowest BCUT2D eigenvalue weighted by atomic mass is 10.1. The van der Waals surface area contributed by atoms with E-state index in [1.54, 1.807) is 0 Å². The highest BCUT2D eigenvalue weighted by Gasteiger charge is 2.21. The number of hydrogen-bond donors (Lipinski definition) is 1. The molecule has 0 aromatic heterocycles. The number of halogens is 5. The van der Waals surface area contributed by atoms with Gasteiger partial charge >= 0.3 is 0 Å². The second-order valence-electron chi connectivity index (χ2n) is 2.94.